The minimum Gasteiger partial charge on any atom is -0.351 e. The summed E-state index contributed by atoms with van der Waals surface area (Å²) in [6, 6.07) is 11.3. The second-order valence-corrected chi connectivity index (χ2v) is 8.26. The second-order valence-electron chi connectivity index (χ2n) is 7.99. The largest absolute Gasteiger partial charge is 0.351 e. The number of nitrogens with zero attached hydrogens (tertiary/aromatic N) is 2. The third-order valence-corrected chi connectivity index (χ3v) is 5.94. The zero-order chi connectivity index (χ0) is 21.3. The Hall–Kier alpha value is -2.40. The molecule has 0 radical (unpaired) electrons. The van der Waals surface area contributed by atoms with Gasteiger partial charge >= 0.3 is 0 Å². The fourth-order valence-electron chi connectivity index (χ4n) is 4.02. The molecule has 1 fully saturated rings. The first-order valence-corrected chi connectivity index (χ1v) is 11.2. The summed E-state index contributed by atoms with van der Waals surface area (Å²) in [5.74, 6) is -0.574. The van der Waals surface area contributed by atoms with Gasteiger partial charge in [0.2, 0.25) is 11.8 Å². The predicted octanol–water partition coefficient (Wildman–Crippen LogP) is 4.19. The number of aryl methyl sites for hydroxylation is 1. The van der Waals surface area contributed by atoms with Crippen LogP contribution in [0.5, 0.6) is 0 Å². The van der Waals surface area contributed by atoms with Crippen molar-refractivity contribution in [2.24, 2.45) is 0 Å². The Balaban J connectivity index is 1.83. The van der Waals surface area contributed by atoms with Crippen LogP contribution in [0, 0.1) is 6.92 Å². The van der Waals surface area contributed by atoms with E-state index in [2.05, 4.69) is 34.6 Å². The lowest BCUT2D eigenvalue weighted by Gasteiger charge is -2.33. The molecule has 0 spiro atoms. The van der Waals surface area contributed by atoms with Crippen LogP contribution in [0.3, 0.4) is 0 Å². The summed E-state index contributed by atoms with van der Waals surface area (Å²) in [6.45, 7) is 2.45. The average molecular weight is 428 g/mol. The standard InChI is InChI=1S/C24H30ClN3O2/c1-18-9-11-19(12-10-18)13-15-28(22(29)16-25)23(20-6-5-14-26-17-20)24(30)27-21-7-3-2-4-8-21/h5-6,9-12,14,17,21,23H,2-4,7-8,13,15-16H2,1H3,(H,27,30). The smallest absolute Gasteiger partial charge is 0.247 e. The van der Waals surface area contributed by atoms with Crippen molar-refractivity contribution in [3.63, 3.8) is 0 Å². The van der Waals surface area contributed by atoms with Crippen molar-refractivity contribution in [2.75, 3.05) is 12.4 Å². The highest BCUT2D eigenvalue weighted by Gasteiger charge is 2.32. The number of nitrogens with one attached hydrogen (secondary N) is 1. The van der Waals surface area contributed by atoms with Gasteiger partial charge in [-0.15, -0.1) is 11.6 Å². The van der Waals surface area contributed by atoms with Gasteiger partial charge in [-0.05, 0) is 37.8 Å². The number of rotatable bonds is 8. The van der Waals surface area contributed by atoms with Crippen molar-refractivity contribution in [3.8, 4) is 0 Å². The molecule has 1 N–H and O–H groups in total. The Morgan fingerprint density at radius 2 is 1.90 bits per heavy atom. The summed E-state index contributed by atoms with van der Waals surface area (Å²) in [4.78, 5) is 31.9. The summed E-state index contributed by atoms with van der Waals surface area (Å²) in [5, 5.41) is 3.18. The Morgan fingerprint density at radius 1 is 1.17 bits per heavy atom. The van der Waals surface area contributed by atoms with Crippen LogP contribution >= 0.6 is 11.6 Å². The van der Waals surface area contributed by atoms with Gasteiger partial charge in [0, 0.05) is 30.5 Å². The first-order valence-electron chi connectivity index (χ1n) is 10.7. The number of amides is 2. The average Bonchev–Trinajstić information content (AvgIpc) is 2.78. The van der Waals surface area contributed by atoms with E-state index in [4.69, 9.17) is 11.6 Å². The molecule has 0 aliphatic heterocycles. The number of carbonyl (C=O) groups is 2. The molecular formula is C24H30ClN3O2. The van der Waals surface area contributed by atoms with Gasteiger partial charge in [0.05, 0.1) is 0 Å². The number of halogens is 1. The topological polar surface area (TPSA) is 62.3 Å². The van der Waals surface area contributed by atoms with Crippen LogP contribution in [0.4, 0.5) is 0 Å². The Bertz CT molecular complexity index is 820. The number of benzene rings is 1. The highest BCUT2D eigenvalue weighted by atomic mass is 35.5. The van der Waals surface area contributed by atoms with Crippen LogP contribution in [0.1, 0.15) is 54.8 Å². The van der Waals surface area contributed by atoms with Crippen LogP contribution in [0.2, 0.25) is 0 Å². The quantitative estimate of drug-likeness (QED) is 0.642. The zero-order valence-corrected chi connectivity index (χ0v) is 18.3. The summed E-state index contributed by atoms with van der Waals surface area (Å²) in [7, 11) is 0. The van der Waals surface area contributed by atoms with Crippen molar-refractivity contribution in [2.45, 2.75) is 57.5 Å². The Kier molecular flexibility index (Phi) is 8.26. The van der Waals surface area contributed by atoms with E-state index >= 15 is 0 Å². The number of carbonyl (C=O) groups excluding carboxylic acids is 2. The van der Waals surface area contributed by atoms with E-state index in [1.807, 2.05) is 13.0 Å². The molecule has 1 heterocycles. The zero-order valence-electron chi connectivity index (χ0n) is 17.5. The highest BCUT2D eigenvalue weighted by Crippen LogP contribution is 2.24. The van der Waals surface area contributed by atoms with Crippen molar-refractivity contribution in [1.29, 1.82) is 0 Å². The molecule has 1 saturated carbocycles. The lowest BCUT2D eigenvalue weighted by molar-refractivity contribution is -0.139. The molecule has 1 atom stereocenters. The lowest BCUT2D eigenvalue weighted by atomic mass is 9.94. The van der Waals surface area contributed by atoms with Gasteiger partial charge in [0.1, 0.15) is 11.9 Å². The molecule has 3 rings (SSSR count). The van der Waals surface area contributed by atoms with E-state index in [0.29, 0.717) is 18.5 Å². The maximum atomic E-state index is 13.4. The van der Waals surface area contributed by atoms with Crippen LogP contribution in [0.25, 0.3) is 0 Å². The lowest BCUT2D eigenvalue weighted by Crippen LogP contribution is -2.48. The van der Waals surface area contributed by atoms with E-state index in [9.17, 15) is 9.59 Å². The Labute approximate surface area is 183 Å². The number of aromatic nitrogens is 1. The molecule has 160 valence electrons. The van der Waals surface area contributed by atoms with Crippen molar-refractivity contribution in [3.05, 3.63) is 65.5 Å². The molecule has 6 heteroatoms. The molecule has 2 aromatic rings. The third kappa shape index (κ3) is 6.05. The molecule has 1 aromatic carbocycles. The molecule has 1 aliphatic rings. The molecule has 1 aliphatic carbocycles. The summed E-state index contributed by atoms with van der Waals surface area (Å²) >= 11 is 5.94. The number of pyridine rings is 1. The summed E-state index contributed by atoms with van der Waals surface area (Å²) in [6.07, 6.45) is 9.41. The van der Waals surface area contributed by atoms with Crippen molar-refractivity contribution < 1.29 is 9.59 Å². The van der Waals surface area contributed by atoms with Crippen LogP contribution in [-0.2, 0) is 16.0 Å². The van der Waals surface area contributed by atoms with E-state index in [1.54, 1.807) is 23.4 Å². The number of alkyl halides is 1. The monoisotopic (exact) mass is 427 g/mol. The number of hydrogen-bond donors (Lipinski definition) is 1. The molecule has 1 unspecified atom stereocenters. The molecule has 0 saturated heterocycles. The number of hydrogen-bond acceptors (Lipinski definition) is 3. The van der Waals surface area contributed by atoms with Gasteiger partial charge in [-0.3, -0.25) is 14.6 Å². The molecule has 5 nitrogen and oxygen atoms in total. The normalized spacial score (nSPS) is 15.4. The molecule has 2 amide bonds. The van der Waals surface area contributed by atoms with Gasteiger partial charge in [0.25, 0.3) is 0 Å². The first kappa shape index (κ1) is 22.3. The third-order valence-electron chi connectivity index (χ3n) is 5.71. The van der Waals surface area contributed by atoms with E-state index in [0.717, 1.165) is 31.2 Å². The SMILES string of the molecule is Cc1ccc(CCN(C(=O)CCl)C(C(=O)NC2CCCCC2)c2cccnc2)cc1. The van der Waals surface area contributed by atoms with Crippen LogP contribution in [-0.4, -0.2) is 40.2 Å². The predicted molar refractivity (Wildman–Crippen MR) is 119 cm³/mol. The Morgan fingerprint density at radius 3 is 2.53 bits per heavy atom. The molecular weight excluding hydrogens is 398 g/mol. The minimum atomic E-state index is -0.739. The van der Waals surface area contributed by atoms with Crippen LogP contribution in [0.15, 0.2) is 48.8 Å². The van der Waals surface area contributed by atoms with Crippen molar-refractivity contribution >= 4 is 23.4 Å². The van der Waals surface area contributed by atoms with E-state index in [-0.39, 0.29) is 23.7 Å². The summed E-state index contributed by atoms with van der Waals surface area (Å²) < 4.78 is 0. The first-order chi connectivity index (χ1) is 14.6. The van der Waals surface area contributed by atoms with Gasteiger partial charge in [-0.1, -0.05) is 55.2 Å². The van der Waals surface area contributed by atoms with Crippen molar-refractivity contribution in [1.82, 2.24) is 15.2 Å². The highest BCUT2D eigenvalue weighted by molar-refractivity contribution is 6.27. The van der Waals surface area contributed by atoms with Gasteiger partial charge < -0.3 is 10.2 Å². The van der Waals surface area contributed by atoms with E-state index < -0.39 is 6.04 Å². The van der Waals surface area contributed by atoms with Gasteiger partial charge in [0.15, 0.2) is 0 Å². The van der Waals surface area contributed by atoms with Crippen LogP contribution < -0.4 is 5.32 Å². The second kappa shape index (κ2) is 11.1. The maximum absolute atomic E-state index is 13.4. The van der Waals surface area contributed by atoms with Gasteiger partial charge in [-0.2, -0.15) is 0 Å². The fraction of sp³-hybridized carbons (Fsp3) is 0.458. The minimum absolute atomic E-state index is 0.155. The maximum Gasteiger partial charge on any atom is 0.247 e. The molecule has 1 aromatic heterocycles. The van der Waals surface area contributed by atoms with Gasteiger partial charge in [-0.25, -0.2) is 0 Å². The molecule has 0 bridgehead atoms. The van der Waals surface area contributed by atoms with E-state index in [1.165, 1.54) is 12.0 Å². The summed E-state index contributed by atoms with van der Waals surface area (Å²) in [5.41, 5.74) is 3.01. The fourth-order valence-corrected chi connectivity index (χ4v) is 4.17. The molecule has 30 heavy (non-hydrogen) atoms.